The van der Waals surface area contributed by atoms with Crippen LogP contribution in [-0.2, 0) is 19.3 Å². The summed E-state index contributed by atoms with van der Waals surface area (Å²) in [7, 11) is 0. The van der Waals surface area contributed by atoms with E-state index >= 15 is 0 Å². The molecule has 1 saturated carbocycles. The van der Waals surface area contributed by atoms with E-state index in [2.05, 4.69) is 20.6 Å². The first-order valence-corrected chi connectivity index (χ1v) is 7.84. The number of hydrogen-bond donors (Lipinski definition) is 3. The molecule has 1 fully saturated rings. The lowest BCUT2D eigenvalue weighted by molar-refractivity contribution is -0.141. The van der Waals surface area contributed by atoms with E-state index in [1.807, 2.05) is 16.9 Å². The number of aromatic amines is 1. The molecule has 0 amide bonds. The fourth-order valence-electron chi connectivity index (χ4n) is 3.27. The highest BCUT2D eigenvalue weighted by Crippen LogP contribution is 2.31. The van der Waals surface area contributed by atoms with Gasteiger partial charge in [-0.15, -0.1) is 0 Å². The molecular weight excluding hydrogens is 323 g/mol. The average molecular weight is 343 g/mol. The highest BCUT2D eigenvalue weighted by atomic mass is 19.4. The van der Waals surface area contributed by atoms with Crippen LogP contribution in [0.4, 0.5) is 13.2 Å². The van der Waals surface area contributed by atoms with Gasteiger partial charge in [-0.3, -0.25) is 9.78 Å². The predicted molar refractivity (Wildman–Crippen MR) is 79.9 cm³/mol. The standard InChI is InChI=1S/C15H20F3N5O/c1-9-12(21-22-14(9)15(16,17)18)7-19-11-5-10(6-13(11)24)8-23-4-2-3-20-23/h2-4,10-11,13,19,24H,5-8H2,1H3,(H,21,22)/t10?,11-,13-/m1/s1. The number of aliphatic hydroxyl groups excluding tert-OH is 1. The van der Waals surface area contributed by atoms with Gasteiger partial charge < -0.3 is 10.4 Å². The number of aliphatic hydroxyl groups is 1. The van der Waals surface area contributed by atoms with Crippen LogP contribution < -0.4 is 5.32 Å². The number of nitrogens with one attached hydrogen (secondary N) is 2. The second kappa shape index (κ2) is 6.56. The van der Waals surface area contributed by atoms with Crippen LogP contribution in [0, 0.1) is 12.8 Å². The molecule has 0 bridgehead atoms. The highest BCUT2D eigenvalue weighted by Gasteiger charge is 2.37. The predicted octanol–water partition coefficient (Wildman–Crippen LogP) is 1.86. The summed E-state index contributed by atoms with van der Waals surface area (Å²) in [4.78, 5) is 0. The molecule has 1 aliphatic rings. The van der Waals surface area contributed by atoms with Crippen LogP contribution in [0.2, 0.25) is 0 Å². The first-order chi connectivity index (χ1) is 11.3. The van der Waals surface area contributed by atoms with Crippen LogP contribution >= 0.6 is 0 Å². The maximum atomic E-state index is 12.7. The molecule has 0 saturated heterocycles. The molecule has 2 aromatic heterocycles. The Hall–Kier alpha value is -1.87. The van der Waals surface area contributed by atoms with Crippen molar-refractivity contribution in [2.75, 3.05) is 0 Å². The molecule has 2 heterocycles. The Bertz CT molecular complexity index is 667. The first kappa shape index (κ1) is 17.0. The van der Waals surface area contributed by atoms with E-state index in [4.69, 9.17) is 0 Å². The maximum absolute atomic E-state index is 12.7. The summed E-state index contributed by atoms with van der Waals surface area (Å²) in [6, 6.07) is 1.70. The normalized spacial score (nSPS) is 24.6. The lowest BCUT2D eigenvalue weighted by Crippen LogP contribution is -2.35. The van der Waals surface area contributed by atoms with Crippen molar-refractivity contribution in [2.45, 2.75) is 51.2 Å². The molecule has 3 atom stereocenters. The summed E-state index contributed by atoms with van der Waals surface area (Å²) < 4.78 is 40.1. The molecule has 3 N–H and O–H groups in total. The monoisotopic (exact) mass is 343 g/mol. The summed E-state index contributed by atoms with van der Waals surface area (Å²) in [5, 5.41) is 23.3. The van der Waals surface area contributed by atoms with Gasteiger partial charge >= 0.3 is 6.18 Å². The molecule has 0 aliphatic heterocycles. The summed E-state index contributed by atoms with van der Waals surface area (Å²) >= 11 is 0. The van der Waals surface area contributed by atoms with Crippen molar-refractivity contribution >= 4 is 0 Å². The molecule has 9 heteroatoms. The molecule has 1 unspecified atom stereocenters. The number of aromatic nitrogens is 4. The fraction of sp³-hybridized carbons (Fsp3) is 0.600. The van der Waals surface area contributed by atoms with Crippen molar-refractivity contribution < 1.29 is 18.3 Å². The Labute approximate surface area is 137 Å². The van der Waals surface area contributed by atoms with Gasteiger partial charge in [-0.1, -0.05) is 0 Å². The number of halogens is 3. The van der Waals surface area contributed by atoms with Crippen molar-refractivity contribution in [3.05, 3.63) is 35.4 Å². The summed E-state index contributed by atoms with van der Waals surface area (Å²) in [5.74, 6) is 0.283. The van der Waals surface area contributed by atoms with Crippen LogP contribution in [0.1, 0.15) is 29.8 Å². The van der Waals surface area contributed by atoms with Crippen molar-refractivity contribution in [1.29, 1.82) is 0 Å². The summed E-state index contributed by atoms with van der Waals surface area (Å²) in [6.07, 6.45) is 0.00443. The van der Waals surface area contributed by atoms with Crippen molar-refractivity contribution in [1.82, 2.24) is 25.3 Å². The van der Waals surface area contributed by atoms with Gasteiger partial charge in [-0.05, 0) is 31.7 Å². The van der Waals surface area contributed by atoms with Crippen LogP contribution in [-0.4, -0.2) is 37.2 Å². The van der Waals surface area contributed by atoms with Crippen molar-refractivity contribution in [2.24, 2.45) is 5.92 Å². The quantitative estimate of drug-likeness (QED) is 0.774. The Morgan fingerprint density at radius 2 is 2.21 bits per heavy atom. The molecule has 0 radical (unpaired) electrons. The highest BCUT2D eigenvalue weighted by molar-refractivity contribution is 5.25. The number of H-pyrrole nitrogens is 1. The van der Waals surface area contributed by atoms with E-state index < -0.39 is 18.0 Å². The van der Waals surface area contributed by atoms with Crippen LogP contribution in [0.25, 0.3) is 0 Å². The molecule has 3 rings (SSSR count). The average Bonchev–Trinajstić information content (AvgIpc) is 3.18. The number of hydrogen-bond acceptors (Lipinski definition) is 4. The largest absolute Gasteiger partial charge is 0.435 e. The van der Waals surface area contributed by atoms with Gasteiger partial charge in [0.05, 0.1) is 11.8 Å². The molecule has 24 heavy (non-hydrogen) atoms. The van der Waals surface area contributed by atoms with Gasteiger partial charge in [0.25, 0.3) is 0 Å². The Morgan fingerprint density at radius 1 is 1.42 bits per heavy atom. The number of rotatable bonds is 5. The molecule has 132 valence electrons. The second-order valence-electron chi connectivity index (χ2n) is 6.29. The fourth-order valence-corrected chi connectivity index (χ4v) is 3.27. The Kier molecular flexibility index (Phi) is 4.64. The van der Waals surface area contributed by atoms with Gasteiger partial charge in [0.2, 0.25) is 0 Å². The molecule has 2 aromatic rings. The Balaban J connectivity index is 1.56. The third kappa shape index (κ3) is 3.62. The van der Waals surface area contributed by atoms with Gasteiger partial charge in [-0.25, -0.2) is 0 Å². The van der Waals surface area contributed by atoms with E-state index in [1.165, 1.54) is 6.92 Å². The van der Waals surface area contributed by atoms with Gasteiger partial charge in [0.1, 0.15) is 0 Å². The van der Waals surface area contributed by atoms with E-state index in [-0.39, 0.29) is 24.1 Å². The lowest BCUT2D eigenvalue weighted by Gasteiger charge is -2.16. The van der Waals surface area contributed by atoms with Gasteiger partial charge in [-0.2, -0.15) is 23.4 Å². The van der Waals surface area contributed by atoms with Gasteiger partial charge in [0.15, 0.2) is 5.69 Å². The van der Waals surface area contributed by atoms with E-state index in [9.17, 15) is 18.3 Å². The smallest absolute Gasteiger partial charge is 0.391 e. The zero-order valence-electron chi connectivity index (χ0n) is 13.2. The molecule has 6 nitrogen and oxygen atoms in total. The zero-order valence-corrected chi connectivity index (χ0v) is 13.2. The Morgan fingerprint density at radius 3 is 2.83 bits per heavy atom. The molecule has 0 aromatic carbocycles. The van der Waals surface area contributed by atoms with Crippen molar-refractivity contribution in [3.8, 4) is 0 Å². The van der Waals surface area contributed by atoms with Gasteiger partial charge in [0, 0.05) is 37.1 Å². The van der Waals surface area contributed by atoms with Crippen LogP contribution in [0.3, 0.4) is 0 Å². The lowest BCUT2D eigenvalue weighted by atomic mass is 10.1. The van der Waals surface area contributed by atoms with E-state index in [1.54, 1.807) is 6.20 Å². The third-order valence-corrected chi connectivity index (χ3v) is 4.55. The van der Waals surface area contributed by atoms with Crippen LogP contribution in [0.15, 0.2) is 18.5 Å². The first-order valence-electron chi connectivity index (χ1n) is 7.84. The SMILES string of the molecule is Cc1c(C(F)(F)F)n[nH]c1CN[C@@H]1CC(Cn2cccn2)C[C@H]1O. The van der Waals surface area contributed by atoms with E-state index in [0.717, 1.165) is 13.0 Å². The summed E-state index contributed by atoms with van der Waals surface area (Å²) in [5.41, 5.74) is -0.400. The molecular formula is C15H20F3N5O. The number of alkyl halides is 3. The minimum absolute atomic E-state index is 0.0931. The van der Waals surface area contributed by atoms with Crippen molar-refractivity contribution in [3.63, 3.8) is 0 Å². The van der Waals surface area contributed by atoms with Crippen LogP contribution in [0.5, 0.6) is 0 Å². The zero-order chi connectivity index (χ0) is 17.3. The third-order valence-electron chi connectivity index (χ3n) is 4.55. The second-order valence-corrected chi connectivity index (χ2v) is 6.29. The number of nitrogens with zero attached hydrogens (tertiary/aromatic N) is 3. The minimum atomic E-state index is -4.46. The maximum Gasteiger partial charge on any atom is 0.435 e. The van der Waals surface area contributed by atoms with E-state index in [0.29, 0.717) is 12.1 Å². The molecule has 1 aliphatic carbocycles. The molecule has 0 spiro atoms. The summed E-state index contributed by atoms with van der Waals surface area (Å²) in [6.45, 7) is 2.34. The minimum Gasteiger partial charge on any atom is -0.391 e. The topological polar surface area (TPSA) is 78.8 Å².